The molecule has 1 amide bonds. The van der Waals surface area contributed by atoms with Crippen molar-refractivity contribution >= 4 is 17.6 Å². The Kier molecular flexibility index (Phi) is 4.04. The monoisotopic (exact) mass is 280 g/mol. The van der Waals surface area contributed by atoms with Crippen LogP contribution in [0.3, 0.4) is 0 Å². The third-order valence-corrected chi connectivity index (χ3v) is 3.60. The maximum atomic E-state index is 13.0. The molecule has 0 aromatic heterocycles. The molecule has 1 aromatic carbocycles. The number of hydrogen-bond donors (Lipinski definition) is 3. The number of anilines is 1. The Bertz CT molecular complexity index is 539. The number of hydrogen-bond acceptors (Lipinski definition) is 3. The van der Waals surface area contributed by atoms with Gasteiger partial charge in [-0.1, -0.05) is 12.8 Å². The normalized spacial score (nSPS) is 16.9. The summed E-state index contributed by atoms with van der Waals surface area (Å²) in [6.45, 7) is 0. The van der Waals surface area contributed by atoms with Gasteiger partial charge in [-0.2, -0.15) is 0 Å². The first-order valence-electron chi connectivity index (χ1n) is 6.51. The van der Waals surface area contributed by atoms with Gasteiger partial charge in [-0.3, -0.25) is 4.79 Å². The highest BCUT2D eigenvalue weighted by molar-refractivity contribution is 6.00. The molecule has 0 heterocycles. The van der Waals surface area contributed by atoms with Crippen LogP contribution in [-0.4, -0.2) is 22.5 Å². The van der Waals surface area contributed by atoms with Gasteiger partial charge in [-0.15, -0.1) is 0 Å². The van der Waals surface area contributed by atoms with E-state index in [9.17, 15) is 14.0 Å². The van der Waals surface area contributed by atoms with Gasteiger partial charge in [0.05, 0.1) is 11.3 Å². The molecule has 6 heteroatoms. The highest BCUT2D eigenvalue weighted by atomic mass is 19.1. The standard InChI is InChI=1S/C14H17FN2O3/c15-9-3-4-11(10(7-9)13(19)20)17-12(18)8-14(16)5-1-2-6-14/h3-4,7H,1-2,5-6,8,16H2,(H,17,18)(H,19,20). The number of rotatable bonds is 4. The van der Waals surface area contributed by atoms with Crippen molar-refractivity contribution in [2.45, 2.75) is 37.6 Å². The number of carbonyl (C=O) groups is 2. The summed E-state index contributed by atoms with van der Waals surface area (Å²) in [6, 6.07) is 3.23. The van der Waals surface area contributed by atoms with E-state index in [-0.39, 0.29) is 23.6 Å². The SMILES string of the molecule is NC1(CC(=O)Nc2ccc(F)cc2C(=O)O)CCCC1. The minimum atomic E-state index is -1.29. The lowest BCUT2D eigenvalue weighted by Gasteiger charge is -2.22. The molecule has 20 heavy (non-hydrogen) atoms. The molecule has 1 saturated carbocycles. The van der Waals surface area contributed by atoms with E-state index >= 15 is 0 Å². The van der Waals surface area contributed by atoms with E-state index in [1.807, 2.05) is 0 Å². The number of aromatic carboxylic acids is 1. The summed E-state index contributed by atoms with van der Waals surface area (Å²) < 4.78 is 13.0. The summed E-state index contributed by atoms with van der Waals surface area (Å²) in [6.07, 6.45) is 3.72. The second kappa shape index (κ2) is 5.58. The van der Waals surface area contributed by atoms with Gasteiger partial charge >= 0.3 is 5.97 Å². The molecule has 0 saturated heterocycles. The van der Waals surface area contributed by atoms with Crippen LogP contribution in [0.15, 0.2) is 18.2 Å². The minimum absolute atomic E-state index is 0.0884. The Labute approximate surface area is 116 Å². The molecule has 1 aromatic rings. The van der Waals surface area contributed by atoms with Crippen LogP contribution in [0, 0.1) is 5.82 Å². The molecular formula is C14H17FN2O3. The van der Waals surface area contributed by atoms with E-state index in [1.165, 1.54) is 6.07 Å². The third-order valence-electron chi connectivity index (χ3n) is 3.60. The first kappa shape index (κ1) is 14.5. The van der Waals surface area contributed by atoms with Crippen LogP contribution in [-0.2, 0) is 4.79 Å². The Balaban J connectivity index is 2.09. The average Bonchev–Trinajstić information content (AvgIpc) is 2.77. The molecule has 0 aliphatic heterocycles. The highest BCUT2D eigenvalue weighted by Crippen LogP contribution is 2.30. The molecule has 0 spiro atoms. The zero-order valence-electron chi connectivity index (χ0n) is 11.0. The summed E-state index contributed by atoms with van der Waals surface area (Å²) in [5.41, 5.74) is 5.41. The van der Waals surface area contributed by atoms with Crippen molar-refractivity contribution in [2.24, 2.45) is 5.73 Å². The molecule has 108 valence electrons. The quantitative estimate of drug-likeness (QED) is 0.787. The van der Waals surface area contributed by atoms with Crippen molar-refractivity contribution in [1.29, 1.82) is 0 Å². The molecule has 0 unspecified atom stereocenters. The fraction of sp³-hybridized carbons (Fsp3) is 0.429. The van der Waals surface area contributed by atoms with Crippen molar-refractivity contribution < 1.29 is 19.1 Å². The molecule has 1 fully saturated rings. The predicted octanol–water partition coefficient (Wildman–Crippen LogP) is 2.12. The van der Waals surface area contributed by atoms with Gasteiger partial charge in [0.1, 0.15) is 5.82 Å². The average molecular weight is 280 g/mol. The van der Waals surface area contributed by atoms with E-state index < -0.39 is 17.3 Å². The zero-order chi connectivity index (χ0) is 14.8. The van der Waals surface area contributed by atoms with Crippen LogP contribution in [0.25, 0.3) is 0 Å². The molecule has 1 aliphatic carbocycles. The fourth-order valence-corrected chi connectivity index (χ4v) is 2.57. The van der Waals surface area contributed by atoms with Crippen molar-refractivity contribution in [2.75, 3.05) is 5.32 Å². The van der Waals surface area contributed by atoms with E-state index in [4.69, 9.17) is 10.8 Å². The molecular weight excluding hydrogens is 263 g/mol. The van der Waals surface area contributed by atoms with Gasteiger partial charge in [0, 0.05) is 12.0 Å². The van der Waals surface area contributed by atoms with Crippen molar-refractivity contribution in [3.05, 3.63) is 29.6 Å². The van der Waals surface area contributed by atoms with Gasteiger partial charge in [0.15, 0.2) is 0 Å². The van der Waals surface area contributed by atoms with E-state index in [0.717, 1.165) is 37.8 Å². The van der Waals surface area contributed by atoms with Gasteiger partial charge in [0.25, 0.3) is 0 Å². The number of carboxylic acids is 1. The van der Waals surface area contributed by atoms with Crippen LogP contribution >= 0.6 is 0 Å². The van der Waals surface area contributed by atoms with Crippen LogP contribution in [0.4, 0.5) is 10.1 Å². The smallest absolute Gasteiger partial charge is 0.337 e. The van der Waals surface area contributed by atoms with Crippen LogP contribution in [0.5, 0.6) is 0 Å². The molecule has 4 N–H and O–H groups in total. The van der Waals surface area contributed by atoms with Gasteiger partial charge in [0.2, 0.25) is 5.91 Å². The molecule has 0 radical (unpaired) electrons. The summed E-state index contributed by atoms with van der Waals surface area (Å²) in [5.74, 6) is -2.29. The number of amides is 1. The molecule has 0 atom stereocenters. The topological polar surface area (TPSA) is 92.4 Å². The van der Waals surface area contributed by atoms with Crippen molar-refractivity contribution in [3.63, 3.8) is 0 Å². The Morgan fingerprint density at radius 1 is 1.35 bits per heavy atom. The maximum Gasteiger partial charge on any atom is 0.337 e. The zero-order valence-corrected chi connectivity index (χ0v) is 11.0. The summed E-state index contributed by atoms with van der Waals surface area (Å²) in [4.78, 5) is 23.0. The minimum Gasteiger partial charge on any atom is -0.478 e. The van der Waals surface area contributed by atoms with E-state index in [2.05, 4.69) is 5.32 Å². The first-order chi connectivity index (χ1) is 9.39. The molecule has 5 nitrogen and oxygen atoms in total. The second-order valence-corrected chi connectivity index (χ2v) is 5.29. The molecule has 0 bridgehead atoms. The maximum absolute atomic E-state index is 13.0. The second-order valence-electron chi connectivity index (χ2n) is 5.29. The molecule has 1 aliphatic rings. The van der Waals surface area contributed by atoms with Crippen molar-refractivity contribution in [1.82, 2.24) is 0 Å². The number of carbonyl (C=O) groups excluding carboxylic acids is 1. The van der Waals surface area contributed by atoms with E-state index in [0.29, 0.717) is 0 Å². The number of carboxylic acid groups (broad SMARTS) is 1. The van der Waals surface area contributed by atoms with Gasteiger partial charge in [-0.05, 0) is 31.0 Å². The largest absolute Gasteiger partial charge is 0.478 e. The van der Waals surface area contributed by atoms with Crippen LogP contribution in [0.1, 0.15) is 42.5 Å². The lowest BCUT2D eigenvalue weighted by Crippen LogP contribution is -2.40. The van der Waals surface area contributed by atoms with Crippen LogP contribution < -0.4 is 11.1 Å². The Hall–Kier alpha value is -1.95. The Morgan fingerprint density at radius 3 is 2.60 bits per heavy atom. The number of nitrogens with two attached hydrogens (primary N) is 1. The fourth-order valence-electron chi connectivity index (χ4n) is 2.57. The summed E-state index contributed by atoms with van der Waals surface area (Å²) in [7, 11) is 0. The first-order valence-corrected chi connectivity index (χ1v) is 6.51. The van der Waals surface area contributed by atoms with Gasteiger partial charge in [-0.25, -0.2) is 9.18 Å². The lowest BCUT2D eigenvalue weighted by molar-refractivity contribution is -0.117. The van der Waals surface area contributed by atoms with E-state index in [1.54, 1.807) is 0 Å². The third kappa shape index (κ3) is 3.33. The number of halogens is 1. The lowest BCUT2D eigenvalue weighted by atomic mass is 9.94. The number of nitrogens with one attached hydrogen (secondary N) is 1. The highest BCUT2D eigenvalue weighted by Gasteiger charge is 2.31. The van der Waals surface area contributed by atoms with Crippen LogP contribution in [0.2, 0.25) is 0 Å². The summed E-state index contributed by atoms with van der Waals surface area (Å²) in [5, 5.41) is 11.5. The number of benzene rings is 1. The Morgan fingerprint density at radius 2 is 2.00 bits per heavy atom. The predicted molar refractivity (Wildman–Crippen MR) is 72.0 cm³/mol. The van der Waals surface area contributed by atoms with Gasteiger partial charge < -0.3 is 16.2 Å². The summed E-state index contributed by atoms with van der Waals surface area (Å²) >= 11 is 0. The molecule has 2 rings (SSSR count). The van der Waals surface area contributed by atoms with Crippen molar-refractivity contribution in [3.8, 4) is 0 Å².